The molecule has 0 atom stereocenters. The largest absolute Gasteiger partial charge is 0.474 e. The fourth-order valence-corrected chi connectivity index (χ4v) is 2.44. The molecule has 18 heavy (non-hydrogen) atoms. The first kappa shape index (κ1) is 13.3. The lowest BCUT2D eigenvalue weighted by Gasteiger charge is -2.26. The Balaban J connectivity index is 1.98. The Hall–Kier alpha value is -1.18. The van der Waals surface area contributed by atoms with Crippen LogP contribution < -0.4 is 15.6 Å². The van der Waals surface area contributed by atoms with Gasteiger partial charge in [-0.3, -0.25) is 0 Å². The van der Waals surface area contributed by atoms with Crippen molar-refractivity contribution in [1.29, 1.82) is 0 Å². The quantitative estimate of drug-likeness (QED) is 0.826. The number of hydrogen-bond acceptors (Lipinski definition) is 5. The molecular weight excluding hydrogens is 254 g/mol. The number of sulfonamides is 1. The van der Waals surface area contributed by atoms with Crippen LogP contribution in [0.2, 0.25) is 0 Å². The molecule has 0 unspecified atom stereocenters. The maximum Gasteiger partial charge on any atom is 0.239 e. The van der Waals surface area contributed by atoms with Gasteiger partial charge in [0.25, 0.3) is 0 Å². The van der Waals surface area contributed by atoms with E-state index in [9.17, 15) is 8.42 Å². The fraction of sp³-hybridized carbons (Fsp3) is 0.545. The predicted octanol–water partition coefficient (Wildman–Crippen LogP) is 0.378. The number of rotatable bonds is 3. The maximum atomic E-state index is 11.1. The first-order valence-corrected chi connectivity index (χ1v) is 7.41. The van der Waals surface area contributed by atoms with Crippen LogP contribution in [-0.2, 0) is 10.0 Å². The van der Waals surface area contributed by atoms with E-state index < -0.39 is 10.0 Å². The molecule has 1 aliphatic rings. The Morgan fingerprint density at radius 1 is 1.22 bits per heavy atom. The summed E-state index contributed by atoms with van der Waals surface area (Å²) in [6.45, 7) is 0. The molecule has 2 rings (SSSR count). The van der Waals surface area contributed by atoms with Crippen LogP contribution in [0.4, 0.5) is 0 Å². The van der Waals surface area contributed by atoms with Crippen molar-refractivity contribution in [2.75, 3.05) is 0 Å². The van der Waals surface area contributed by atoms with E-state index in [1.165, 1.54) is 18.3 Å². The lowest BCUT2D eigenvalue weighted by Crippen LogP contribution is -2.31. The molecule has 0 amide bonds. The summed E-state index contributed by atoms with van der Waals surface area (Å²) in [6, 6.07) is 3.18. The van der Waals surface area contributed by atoms with E-state index in [1.54, 1.807) is 0 Å². The summed E-state index contributed by atoms with van der Waals surface area (Å²) >= 11 is 0. The number of primary sulfonamides is 1. The molecule has 100 valence electrons. The molecule has 0 aromatic carbocycles. The number of pyridine rings is 1. The minimum Gasteiger partial charge on any atom is -0.474 e. The van der Waals surface area contributed by atoms with Crippen molar-refractivity contribution in [3.05, 3.63) is 18.3 Å². The van der Waals surface area contributed by atoms with Gasteiger partial charge in [0.05, 0.1) is 6.20 Å². The molecule has 1 saturated carbocycles. The summed E-state index contributed by atoms with van der Waals surface area (Å²) in [5, 5.41) is 4.98. The summed E-state index contributed by atoms with van der Waals surface area (Å²) in [5.41, 5.74) is 5.81. The van der Waals surface area contributed by atoms with Gasteiger partial charge in [0.2, 0.25) is 15.9 Å². The van der Waals surface area contributed by atoms with E-state index in [2.05, 4.69) is 4.98 Å². The van der Waals surface area contributed by atoms with E-state index in [0.29, 0.717) is 5.88 Å². The van der Waals surface area contributed by atoms with E-state index in [4.69, 9.17) is 15.6 Å². The van der Waals surface area contributed by atoms with Crippen LogP contribution in [0.15, 0.2) is 23.2 Å². The molecule has 1 fully saturated rings. The minimum absolute atomic E-state index is 0.0134. The summed E-state index contributed by atoms with van der Waals surface area (Å²) in [6.07, 6.45) is 5.01. The minimum atomic E-state index is -3.69. The van der Waals surface area contributed by atoms with Gasteiger partial charge in [-0.1, -0.05) is 0 Å². The van der Waals surface area contributed by atoms with E-state index in [1.807, 2.05) is 0 Å². The smallest absolute Gasteiger partial charge is 0.239 e. The second-order valence-corrected chi connectivity index (χ2v) is 6.09. The fourth-order valence-electron chi connectivity index (χ4n) is 1.98. The lowest BCUT2D eigenvalue weighted by atomic mass is 9.94. The maximum absolute atomic E-state index is 11.1. The molecule has 7 heteroatoms. The standard InChI is InChI=1S/C11H17N3O3S/c12-8-1-3-9(4-2-8)17-11-6-5-10(7-14-11)18(13,15)16/h5-9H,1-4,12H2,(H2,13,15,16). The zero-order valence-electron chi connectivity index (χ0n) is 9.95. The molecule has 0 bridgehead atoms. The monoisotopic (exact) mass is 271 g/mol. The van der Waals surface area contributed by atoms with E-state index in [-0.39, 0.29) is 17.0 Å². The molecule has 1 heterocycles. The van der Waals surface area contributed by atoms with Crippen molar-refractivity contribution in [3.8, 4) is 5.88 Å². The first-order chi connectivity index (χ1) is 8.45. The summed E-state index contributed by atoms with van der Waals surface area (Å²) in [5.74, 6) is 0.419. The van der Waals surface area contributed by atoms with Crippen LogP contribution >= 0.6 is 0 Å². The lowest BCUT2D eigenvalue weighted by molar-refractivity contribution is 0.141. The highest BCUT2D eigenvalue weighted by molar-refractivity contribution is 7.89. The average molecular weight is 271 g/mol. The van der Waals surface area contributed by atoms with Crippen LogP contribution in [-0.4, -0.2) is 25.5 Å². The molecule has 0 spiro atoms. The van der Waals surface area contributed by atoms with Gasteiger partial charge >= 0.3 is 0 Å². The Morgan fingerprint density at radius 3 is 2.39 bits per heavy atom. The first-order valence-electron chi connectivity index (χ1n) is 5.86. The van der Waals surface area contributed by atoms with E-state index in [0.717, 1.165) is 25.7 Å². The molecule has 1 aliphatic carbocycles. The van der Waals surface area contributed by atoms with Crippen molar-refractivity contribution in [2.45, 2.75) is 42.7 Å². The molecule has 0 radical (unpaired) electrons. The van der Waals surface area contributed by atoms with Crippen molar-refractivity contribution in [3.63, 3.8) is 0 Å². The molecule has 1 aromatic heterocycles. The van der Waals surface area contributed by atoms with Crippen LogP contribution in [0.1, 0.15) is 25.7 Å². The molecule has 6 nitrogen and oxygen atoms in total. The zero-order valence-corrected chi connectivity index (χ0v) is 10.8. The van der Waals surface area contributed by atoms with Crippen molar-refractivity contribution in [1.82, 2.24) is 4.98 Å². The van der Waals surface area contributed by atoms with E-state index >= 15 is 0 Å². The van der Waals surface area contributed by atoms with Crippen LogP contribution in [0, 0.1) is 0 Å². The van der Waals surface area contributed by atoms with Gasteiger partial charge in [-0.15, -0.1) is 0 Å². The molecule has 4 N–H and O–H groups in total. The number of hydrogen-bond donors (Lipinski definition) is 2. The Morgan fingerprint density at radius 2 is 1.89 bits per heavy atom. The second-order valence-electron chi connectivity index (χ2n) is 4.53. The van der Waals surface area contributed by atoms with Gasteiger partial charge in [0.15, 0.2) is 0 Å². The van der Waals surface area contributed by atoms with Gasteiger partial charge in [-0.05, 0) is 31.7 Å². The Labute approximate surface area is 106 Å². The SMILES string of the molecule is NC1CCC(Oc2ccc(S(N)(=O)=O)cn2)CC1. The molecular formula is C11H17N3O3S. The summed E-state index contributed by atoms with van der Waals surface area (Å²) < 4.78 is 27.8. The van der Waals surface area contributed by atoms with Crippen LogP contribution in [0.5, 0.6) is 5.88 Å². The third kappa shape index (κ3) is 3.41. The average Bonchev–Trinajstić information content (AvgIpc) is 2.32. The third-order valence-corrected chi connectivity index (χ3v) is 3.94. The normalized spacial score (nSPS) is 24.8. The molecule has 0 saturated heterocycles. The Kier molecular flexibility index (Phi) is 3.84. The predicted molar refractivity (Wildman–Crippen MR) is 66.5 cm³/mol. The highest BCUT2D eigenvalue weighted by atomic mass is 32.2. The highest BCUT2D eigenvalue weighted by Gasteiger charge is 2.20. The summed E-state index contributed by atoms with van der Waals surface area (Å²) in [4.78, 5) is 3.93. The van der Waals surface area contributed by atoms with Crippen LogP contribution in [0.3, 0.4) is 0 Å². The highest BCUT2D eigenvalue weighted by Crippen LogP contribution is 2.22. The summed E-state index contributed by atoms with van der Waals surface area (Å²) in [7, 11) is -3.69. The Bertz CT molecular complexity index is 493. The van der Waals surface area contributed by atoms with Crippen molar-refractivity contribution < 1.29 is 13.2 Å². The molecule has 1 aromatic rings. The third-order valence-electron chi connectivity index (χ3n) is 3.04. The zero-order chi connectivity index (χ0) is 13.2. The van der Waals surface area contributed by atoms with Gasteiger partial charge in [-0.25, -0.2) is 18.5 Å². The van der Waals surface area contributed by atoms with Crippen molar-refractivity contribution in [2.24, 2.45) is 10.9 Å². The van der Waals surface area contributed by atoms with Gasteiger partial charge in [-0.2, -0.15) is 0 Å². The van der Waals surface area contributed by atoms with Crippen molar-refractivity contribution >= 4 is 10.0 Å². The van der Waals surface area contributed by atoms with Gasteiger partial charge in [0.1, 0.15) is 11.0 Å². The van der Waals surface area contributed by atoms with Crippen LogP contribution in [0.25, 0.3) is 0 Å². The number of nitrogens with zero attached hydrogens (tertiary/aromatic N) is 1. The van der Waals surface area contributed by atoms with Gasteiger partial charge in [0, 0.05) is 12.1 Å². The topological polar surface area (TPSA) is 108 Å². The number of nitrogens with two attached hydrogens (primary N) is 2. The number of ether oxygens (including phenoxy) is 1. The van der Waals surface area contributed by atoms with Gasteiger partial charge < -0.3 is 10.5 Å². The number of aromatic nitrogens is 1. The second kappa shape index (κ2) is 5.21. The molecule has 0 aliphatic heterocycles.